The lowest BCUT2D eigenvalue weighted by molar-refractivity contribution is -0.319. The molecule has 2 rings (SSSR count). The van der Waals surface area contributed by atoms with Gasteiger partial charge in [-0.05, 0) is 18.6 Å². The number of carbonyl (C=O) groups is 1. The van der Waals surface area contributed by atoms with E-state index >= 15 is 0 Å². The van der Waals surface area contributed by atoms with Gasteiger partial charge in [-0.15, -0.1) is 6.58 Å². The Balaban J connectivity index is 2.37. The maximum atomic E-state index is 13.0. The number of methoxy groups -OCH3 is 2. The SMILES string of the molecule is C=CCOC(OC)(OC)C(=O)c1ccnn1[C@H](C)c1ccccc1. The zero-order chi connectivity index (χ0) is 17.6. The van der Waals surface area contributed by atoms with Gasteiger partial charge in [-0.2, -0.15) is 5.10 Å². The second-order valence-electron chi connectivity index (χ2n) is 5.14. The van der Waals surface area contributed by atoms with Crippen molar-refractivity contribution < 1.29 is 19.0 Å². The highest BCUT2D eigenvalue weighted by Crippen LogP contribution is 2.24. The Labute approximate surface area is 141 Å². The van der Waals surface area contributed by atoms with E-state index in [9.17, 15) is 4.79 Å². The number of rotatable bonds is 9. The summed E-state index contributed by atoms with van der Waals surface area (Å²) in [5.74, 6) is -2.29. The lowest BCUT2D eigenvalue weighted by atomic mass is 10.1. The third-order valence-electron chi connectivity index (χ3n) is 3.76. The zero-order valence-electron chi connectivity index (χ0n) is 14.1. The fourth-order valence-electron chi connectivity index (χ4n) is 2.45. The molecule has 0 N–H and O–H groups in total. The fraction of sp³-hybridized carbons (Fsp3) is 0.333. The summed E-state index contributed by atoms with van der Waals surface area (Å²) < 4.78 is 17.5. The molecule has 0 aliphatic carbocycles. The Hall–Kier alpha value is -2.28. The van der Waals surface area contributed by atoms with Gasteiger partial charge in [-0.1, -0.05) is 36.4 Å². The van der Waals surface area contributed by atoms with E-state index in [0.29, 0.717) is 5.69 Å². The van der Waals surface area contributed by atoms with Crippen LogP contribution in [0.1, 0.15) is 29.0 Å². The number of carbonyl (C=O) groups excluding carboxylic acids is 1. The van der Waals surface area contributed by atoms with Crippen LogP contribution < -0.4 is 0 Å². The van der Waals surface area contributed by atoms with E-state index in [1.165, 1.54) is 20.3 Å². The van der Waals surface area contributed by atoms with Gasteiger partial charge in [0.2, 0.25) is 0 Å². The molecule has 128 valence electrons. The van der Waals surface area contributed by atoms with Crippen molar-refractivity contribution in [2.45, 2.75) is 18.9 Å². The Morgan fingerprint density at radius 3 is 2.54 bits per heavy atom. The molecular formula is C18H22N2O4. The first-order chi connectivity index (χ1) is 11.6. The van der Waals surface area contributed by atoms with Crippen LogP contribution in [0.2, 0.25) is 0 Å². The quantitative estimate of drug-likeness (QED) is 0.402. The molecule has 24 heavy (non-hydrogen) atoms. The lowest BCUT2D eigenvalue weighted by Crippen LogP contribution is -2.46. The monoisotopic (exact) mass is 330 g/mol. The minimum absolute atomic E-state index is 0.107. The standard InChI is InChI=1S/C18H22N2O4/c1-5-13-24-18(22-3,23-4)17(21)16-11-12-19-20(16)14(2)15-9-7-6-8-10-15/h5-12,14H,1,13H2,2-4H3/t14-/m1/s1. The highest BCUT2D eigenvalue weighted by molar-refractivity contribution is 5.99. The van der Waals surface area contributed by atoms with Crippen LogP contribution in [0.4, 0.5) is 0 Å². The molecule has 0 bridgehead atoms. The van der Waals surface area contributed by atoms with Gasteiger partial charge in [0.1, 0.15) is 5.69 Å². The van der Waals surface area contributed by atoms with Crippen molar-refractivity contribution >= 4 is 5.78 Å². The van der Waals surface area contributed by atoms with Crippen LogP contribution in [0.5, 0.6) is 0 Å². The Bertz CT molecular complexity index is 677. The number of ketones is 1. The first-order valence-corrected chi connectivity index (χ1v) is 7.58. The van der Waals surface area contributed by atoms with Gasteiger partial charge in [-0.25, -0.2) is 0 Å². The highest BCUT2D eigenvalue weighted by Gasteiger charge is 2.43. The van der Waals surface area contributed by atoms with E-state index in [0.717, 1.165) is 5.56 Å². The van der Waals surface area contributed by atoms with Crippen LogP contribution in [0.25, 0.3) is 0 Å². The predicted molar refractivity (Wildman–Crippen MR) is 89.7 cm³/mol. The smallest absolute Gasteiger partial charge is 0.324 e. The van der Waals surface area contributed by atoms with Crippen LogP contribution in [-0.2, 0) is 14.2 Å². The van der Waals surface area contributed by atoms with Crippen molar-refractivity contribution in [3.8, 4) is 0 Å². The van der Waals surface area contributed by atoms with E-state index in [-0.39, 0.29) is 12.6 Å². The van der Waals surface area contributed by atoms with Gasteiger partial charge < -0.3 is 14.2 Å². The number of benzene rings is 1. The normalized spacial score (nSPS) is 12.8. The van der Waals surface area contributed by atoms with Gasteiger partial charge in [0, 0.05) is 20.4 Å². The summed E-state index contributed by atoms with van der Waals surface area (Å²) in [6.45, 7) is 5.65. The second kappa shape index (κ2) is 8.01. The Morgan fingerprint density at radius 2 is 1.96 bits per heavy atom. The van der Waals surface area contributed by atoms with Crippen molar-refractivity contribution in [3.05, 3.63) is 66.5 Å². The molecule has 0 unspecified atom stereocenters. The summed E-state index contributed by atoms with van der Waals surface area (Å²) in [6.07, 6.45) is 3.08. The van der Waals surface area contributed by atoms with Gasteiger partial charge in [0.15, 0.2) is 0 Å². The summed E-state index contributed by atoms with van der Waals surface area (Å²) in [6, 6.07) is 11.3. The zero-order valence-corrected chi connectivity index (χ0v) is 14.1. The van der Waals surface area contributed by atoms with Crippen molar-refractivity contribution in [1.82, 2.24) is 9.78 Å². The molecule has 0 aliphatic heterocycles. The Morgan fingerprint density at radius 1 is 1.29 bits per heavy atom. The number of Topliss-reactive ketones (excluding diaryl/α,β-unsaturated/α-hetero) is 1. The maximum Gasteiger partial charge on any atom is 0.353 e. The summed E-state index contributed by atoms with van der Waals surface area (Å²) in [4.78, 5) is 13.0. The molecule has 0 fully saturated rings. The molecular weight excluding hydrogens is 308 g/mol. The van der Waals surface area contributed by atoms with Crippen LogP contribution in [0, 0.1) is 0 Å². The number of hydrogen-bond donors (Lipinski definition) is 0. The van der Waals surface area contributed by atoms with Crippen LogP contribution in [0.15, 0.2) is 55.3 Å². The molecule has 0 saturated heterocycles. The molecule has 0 spiro atoms. The molecule has 0 radical (unpaired) electrons. The highest BCUT2D eigenvalue weighted by atomic mass is 16.9. The second-order valence-corrected chi connectivity index (χ2v) is 5.14. The topological polar surface area (TPSA) is 62.6 Å². The third-order valence-corrected chi connectivity index (χ3v) is 3.76. The summed E-state index contributed by atoms with van der Waals surface area (Å²) in [5.41, 5.74) is 1.36. The average Bonchev–Trinajstić information content (AvgIpc) is 3.12. The molecule has 6 heteroatoms. The Kier molecular flexibility index (Phi) is 6.03. The third kappa shape index (κ3) is 3.46. The minimum Gasteiger partial charge on any atom is -0.324 e. The fourth-order valence-corrected chi connectivity index (χ4v) is 2.45. The van der Waals surface area contributed by atoms with Gasteiger partial charge >= 0.3 is 5.97 Å². The first-order valence-electron chi connectivity index (χ1n) is 7.58. The van der Waals surface area contributed by atoms with Crippen LogP contribution >= 0.6 is 0 Å². The lowest BCUT2D eigenvalue weighted by Gasteiger charge is -2.28. The molecule has 2 aromatic rings. The van der Waals surface area contributed by atoms with E-state index in [1.807, 2.05) is 37.3 Å². The summed E-state index contributed by atoms with van der Waals surface area (Å²) in [7, 11) is 2.71. The molecule has 0 saturated carbocycles. The van der Waals surface area contributed by atoms with E-state index < -0.39 is 11.8 Å². The van der Waals surface area contributed by atoms with Crippen molar-refractivity contribution in [3.63, 3.8) is 0 Å². The number of ether oxygens (including phenoxy) is 3. The van der Waals surface area contributed by atoms with Crippen molar-refractivity contribution in [2.75, 3.05) is 20.8 Å². The van der Waals surface area contributed by atoms with Gasteiger partial charge in [0.05, 0.1) is 12.6 Å². The van der Waals surface area contributed by atoms with Crippen LogP contribution in [-0.4, -0.2) is 42.4 Å². The summed E-state index contributed by atoms with van der Waals surface area (Å²) in [5, 5.41) is 4.28. The number of nitrogens with zero attached hydrogens (tertiary/aromatic N) is 2. The molecule has 0 aliphatic rings. The number of hydrogen-bond acceptors (Lipinski definition) is 5. The molecule has 1 aromatic carbocycles. The molecule has 1 atom stereocenters. The van der Waals surface area contributed by atoms with E-state index in [1.54, 1.807) is 16.9 Å². The predicted octanol–water partition coefficient (Wildman–Crippen LogP) is 2.82. The van der Waals surface area contributed by atoms with Crippen molar-refractivity contribution in [2.24, 2.45) is 0 Å². The van der Waals surface area contributed by atoms with Gasteiger partial charge in [0.25, 0.3) is 5.78 Å². The van der Waals surface area contributed by atoms with E-state index in [4.69, 9.17) is 14.2 Å². The van der Waals surface area contributed by atoms with Crippen LogP contribution in [0.3, 0.4) is 0 Å². The maximum absolute atomic E-state index is 13.0. The average molecular weight is 330 g/mol. The molecule has 1 aromatic heterocycles. The summed E-state index contributed by atoms with van der Waals surface area (Å²) >= 11 is 0. The first kappa shape index (κ1) is 18.1. The van der Waals surface area contributed by atoms with Gasteiger partial charge in [-0.3, -0.25) is 9.48 Å². The minimum atomic E-state index is -1.83. The van der Waals surface area contributed by atoms with E-state index in [2.05, 4.69) is 11.7 Å². The number of aromatic nitrogens is 2. The molecule has 1 heterocycles. The largest absolute Gasteiger partial charge is 0.353 e. The molecule has 6 nitrogen and oxygen atoms in total. The molecule has 0 amide bonds. The van der Waals surface area contributed by atoms with Crippen molar-refractivity contribution in [1.29, 1.82) is 0 Å².